The van der Waals surface area contributed by atoms with Crippen LogP contribution in [-0.2, 0) is 10.0 Å². The van der Waals surface area contributed by atoms with Crippen LogP contribution in [0.2, 0.25) is 5.02 Å². The summed E-state index contributed by atoms with van der Waals surface area (Å²) in [6.07, 6.45) is 0. The number of carboxylic acids is 1. The number of benzene rings is 2. The molecule has 0 fully saturated rings. The molecule has 0 aromatic heterocycles. The average molecular weight is 383 g/mol. The summed E-state index contributed by atoms with van der Waals surface area (Å²) < 4.78 is 27.5. The summed E-state index contributed by atoms with van der Waals surface area (Å²) in [6.45, 7) is 0.0936. The third-order valence-corrected chi connectivity index (χ3v) is 5.51. The van der Waals surface area contributed by atoms with E-state index in [2.05, 4.69) is 4.72 Å². The van der Waals surface area contributed by atoms with Crippen LogP contribution < -0.4 is 4.72 Å². The number of sulfonamides is 1. The topological polar surface area (TPSA) is 86.7 Å². The zero-order valence-electron chi connectivity index (χ0n) is 13.8. The van der Waals surface area contributed by atoms with Crippen LogP contribution in [0.15, 0.2) is 53.4 Å². The summed E-state index contributed by atoms with van der Waals surface area (Å²) in [4.78, 5) is 12.8. The molecule has 0 amide bonds. The normalized spacial score (nSPS) is 13.0. The molecule has 0 saturated carbocycles. The molecule has 2 aromatic carbocycles. The fraction of sp³-hybridized carbons (Fsp3) is 0.235. The minimum Gasteiger partial charge on any atom is -0.478 e. The van der Waals surface area contributed by atoms with E-state index in [0.29, 0.717) is 5.02 Å². The first kappa shape index (κ1) is 19.4. The standard InChI is InChI=1S/C17H19ClN2O4S/c1-20(2)16(14-8-3-4-9-15(14)18)11-19-25(23,24)13-7-5-6-12(10-13)17(21)22/h3-10,16,19H,11H2,1-2H3,(H,21,22). The van der Waals surface area contributed by atoms with Crippen LogP contribution in [0.4, 0.5) is 0 Å². The fourth-order valence-corrected chi connectivity index (χ4v) is 3.73. The molecule has 1 unspecified atom stereocenters. The number of aromatic carboxylic acids is 1. The Bertz CT molecular complexity index is 868. The van der Waals surface area contributed by atoms with Gasteiger partial charge in [0.2, 0.25) is 10.0 Å². The predicted octanol–water partition coefficient (Wildman–Crippen LogP) is 2.62. The average Bonchev–Trinajstić information content (AvgIpc) is 2.56. The molecule has 0 bridgehead atoms. The Hall–Kier alpha value is -1.93. The second-order valence-corrected chi connectivity index (χ2v) is 7.86. The first-order chi connectivity index (χ1) is 11.7. The van der Waals surface area contributed by atoms with Gasteiger partial charge in [-0.15, -0.1) is 0 Å². The molecule has 1 atom stereocenters. The van der Waals surface area contributed by atoms with Gasteiger partial charge < -0.3 is 10.0 Å². The van der Waals surface area contributed by atoms with Crippen LogP contribution in [0.1, 0.15) is 22.0 Å². The number of carboxylic acid groups (broad SMARTS) is 1. The minimum atomic E-state index is -3.85. The number of halogens is 1. The van der Waals surface area contributed by atoms with E-state index in [1.165, 1.54) is 18.2 Å². The Morgan fingerprint density at radius 1 is 1.20 bits per heavy atom. The Balaban J connectivity index is 2.24. The van der Waals surface area contributed by atoms with Crippen molar-refractivity contribution in [1.82, 2.24) is 9.62 Å². The number of hydrogen-bond donors (Lipinski definition) is 2. The van der Waals surface area contributed by atoms with Gasteiger partial charge in [0.05, 0.1) is 10.5 Å². The maximum atomic E-state index is 12.5. The maximum absolute atomic E-state index is 12.5. The number of rotatable bonds is 7. The van der Waals surface area contributed by atoms with Crippen molar-refractivity contribution < 1.29 is 18.3 Å². The van der Waals surface area contributed by atoms with Crippen LogP contribution in [0, 0.1) is 0 Å². The van der Waals surface area contributed by atoms with E-state index in [0.717, 1.165) is 11.6 Å². The van der Waals surface area contributed by atoms with Crippen molar-refractivity contribution in [2.75, 3.05) is 20.6 Å². The van der Waals surface area contributed by atoms with Gasteiger partial charge in [-0.3, -0.25) is 0 Å². The summed E-state index contributed by atoms with van der Waals surface area (Å²) in [7, 11) is -0.195. The first-order valence-corrected chi connectivity index (χ1v) is 9.32. The van der Waals surface area contributed by atoms with Gasteiger partial charge in [0.25, 0.3) is 0 Å². The molecule has 0 heterocycles. The largest absolute Gasteiger partial charge is 0.478 e. The van der Waals surface area contributed by atoms with E-state index in [4.69, 9.17) is 16.7 Å². The fourth-order valence-electron chi connectivity index (χ4n) is 2.38. The van der Waals surface area contributed by atoms with Gasteiger partial charge in [-0.05, 0) is 43.9 Å². The van der Waals surface area contributed by atoms with Crippen LogP contribution in [0.25, 0.3) is 0 Å². The van der Waals surface area contributed by atoms with E-state index in [-0.39, 0.29) is 23.0 Å². The van der Waals surface area contributed by atoms with E-state index in [9.17, 15) is 13.2 Å². The van der Waals surface area contributed by atoms with Crippen LogP contribution >= 0.6 is 11.6 Å². The summed E-state index contributed by atoms with van der Waals surface area (Å²) in [5, 5.41) is 9.56. The molecule has 8 heteroatoms. The maximum Gasteiger partial charge on any atom is 0.335 e. The number of likely N-dealkylation sites (N-methyl/N-ethyl adjacent to an activating group) is 1. The molecule has 2 N–H and O–H groups in total. The lowest BCUT2D eigenvalue weighted by molar-refractivity contribution is 0.0696. The lowest BCUT2D eigenvalue weighted by Crippen LogP contribution is -2.34. The van der Waals surface area contributed by atoms with Crippen molar-refractivity contribution in [2.45, 2.75) is 10.9 Å². The van der Waals surface area contributed by atoms with E-state index >= 15 is 0 Å². The quantitative estimate of drug-likeness (QED) is 0.768. The first-order valence-electron chi connectivity index (χ1n) is 7.46. The molecule has 25 heavy (non-hydrogen) atoms. The van der Waals surface area contributed by atoms with Gasteiger partial charge in [-0.2, -0.15) is 0 Å². The number of nitrogens with zero attached hydrogens (tertiary/aromatic N) is 1. The molecule has 0 spiro atoms. The van der Waals surface area contributed by atoms with Crippen molar-refractivity contribution >= 4 is 27.6 Å². The van der Waals surface area contributed by atoms with Crippen molar-refractivity contribution in [3.63, 3.8) is 0 Å². The molecular formula is C17H19ClN2O4S. The molecule has 0 saturated heterocycles. The summed E-state index contributed by atoms with van der Waals surface area (Å²) in [5.41, 5.74) is 0.717. The molecule has 2 rings (SSSR count). The molecule has 0 aliphatic heterocycles. The van der Waals surface area contributed by atoms with Gasteiger partial charge in [0, 0.05) is 17.6 Å². The van der Waals surface area contributed by atoms with Crippen molar-refractivity contribution in [1.29, 1.82) is 0 Å². The van der Waals surface area contributed by atoms with E-state index in [1.54, 1.807) is 12.1 Å². The van der Waals surface area contributed by atoms with Crippen LogP contribution in [0.3, 0.4) is 0 Å². The van der Waals surface area contributed by atoms with Crippen LogP contribution in [-0.4, -0.2) is 45.0 Å². The van der Waals surface area contributed by atoms with Gasteiger partial charge >= 0.3 is 5.97 Å². The highest BCUT2D eigenvalue weighted by atomic mass is 35.5. The van der Waals surface area contributed by atoms with Crippen molar-refractivity contribution in [3.05, 3.63) is 64.7 Å². The highest BCUT2D eigenvalue weighted by Gasteiger charge is 2.22. The Kier molecular flexibility index (Phi) is 6.18. The molecule has 0 radical (unpaired) electrons. The number of carbonyl (C=O) groups is 1. The van der Waals surface area contributed by atoms with E-state index < -0.39 is 16.0 Å². The third kappa shape index (κ3) is 4.79. The molecule has 2 aromatic rings. The monoisotopic (exact) mass is 382 g/mol. The predicted molar refractivity (Wildman–Crippen MR) is 96.5 cm³/mol. The lowest BCUT2D eigenvalue weighted by Gasteiger charge is -2.26. The Morgan fingerprint density at radius 2 is 1.88 bits per heavy atom. The molecule has 0 aliphatic rings. The second kappa shape index (κ2) is 7.97. The summed E-state index contributed by atoms with van der Waals surface area (Å²) >= 11 is 6.22. The summed E-state index contributed by atoms with van der Waals surface area (Å²) in [5.74, 6) is -1.18. The number of hydrogen-bond acceptors (Lipinski definition) is 4. The lowest BCUT2D eigenvalue weighted by atomic mass is 10.1. The van der Waals surface area contributed by atoms with E-state index in [1.807, 2.05) is 31.1 Å². The van der Waals surface area contributed by atoms with Crippen molar-refractivity contribution in [3.8, 4) is 0 Å². The Morgan fingerprint density at radius 3 is 2.48 bits per heavy atom. The van der Waals surface area contributed by atoms with Gasteiger partial charge in [-0.25, -0.2) is 17.9 Å². The van der Waals surface area contributed by atoms with Crippen LogP contribution in [0.5, 0.6) is 0 Å². The zero-order valence-corrected chi connectivity index (χ0v) is 15.4. The van der Waals surface area contributed by atoms with Gasteiger partial charge in [-0.1, -0.05) is 35.9 Å². The molecule has 6 nitrogen and oxygen atoms in total. The third-order valence-electron chi connectivity index (χ3n) is 3.75. The molecule has 134 valence electrons. The summed E-state index contributed by atoms with van der Waals surface area (Å²) in [6, 6.07) is 12.2. The second-order valence-electron chi connectivity index (χ2n) is 5.69. The highest BCUT2D eigenvalue weighted by Crippen LogP contribution is 2.26. The minimum absolute atomic E-state index is 0.0851. The van der Waals surface area contributed by atoms with Gasteiger partial charge in [0.15, 0.2) is 0 Å². The number of nitrogens with one attached hydrogen (secondary N) is 1. The van der Waals surface area contributed by atoms with Gasteiger partial charge in [0.1, 0.15) is 0 Å². The Labute approximate surface area is 152 Å². The smallest absolute Gasteiger partial charge is 0.335 e. The van der Waals surface area contributed by atoms with Crippen molar-refractivity contribution in [2.24, 2.45) is 0 Å². The molecule has 0 aliphatic carbocycles. The highest BCUT2D eigenvalue weighted by molar-refractivity contribution is 7.89. The zero-order chi connectivity index (χ0) is 18.6. The SMILES string of the molecule is CN(C)C(CNS(=O)(=O)c1cccc(C(=O)O)c1)c1ccccc1Cl. The molecular weight excluding hydrogens is 364 g/mol.